The molecule has 1 unspecified atom stereocenters. The van der Waals surface area contributed by atoms with Gasteiger partial charge in [0.05, 0.1) is 25.7 Å². The van der Waals surface area contributed by atoms with E-state index in [1.807, 2.05) is 25.1 Å². The van der Waals surface area contributed by atoms with Crippen LogP contribution in [0.1, 0.15) is 31.7 Å². The number of carbonyl (C=O) groups is 1. The Balaban J connectivity index is 1.89. The molecular formula is C18H27NO5S. The molecule has 1 heterocycles. The average Bonchev–Trinajstić information content (AvgIpc) is 2.95. The zero-order valence-corrected chi connectivity index (χ0v) is 16.0. The Kier molecular flexibility index (Phi) is 6.70. The van der Waals surface area contributed by atoms with Gasteiger partial charge in [-0.05, 0) is 43.9 Å². The monoisotopic (exact) mass is 369 g/mol. The van der Waals surface area contributed by atoms with E-state index in [2.05, 4.69) is 0 Å². The van der Waals surface area contributed by atoms with Crippen molar-refractivity contribution in [3.8, 4) is 11.5 Å². The number of ether oxygens (including phenoxy) is 2. The van der Waals surface area contributed by atoms with Crippen molar-refractivity contribution in [3.63, 3.8) is 0 Å². The first kappa shape index (κ1) is 19.6. The molecule has 0 radical (unpaired) electrons. The van der Waals surface area contributed by atoms with Gasteiger partial charge in [-0.15, -0.1) is 0 Å². The second-order valence-electron chi connectivity index (χ2n) is 6.28. The predicted molar refractivity (Wildman–Crippen MR) is 96.9 cm³/mol. The molecule has 0 saturated carbocycles. The van der Waals surface area contributed by atoms with Gasteiger partial charge in [0.15, 0.2) is 21.3 Å². The van der Waals surface area contributed by atoms with Gasteiger partial charge in [-0.25, -0.2) is 8.42 Å². The topological polar surface area (TPSA) is 72.9 Å². The third kappa shape index (κ3) is 5.11. The van der Waals surface area contributed by atoms with E-state index in [1.165, 1.54) is 0 Å². The van der Waals surface area contributed by atoms with Crippen LogP contribution >= 0.6 is 0 Å². The molecule has 7 heteroatoms. The summed E-state index contributed by atoms with van der Waals surface area (Å²) in [5, 5.41) is 0. The maximum absolute atomic E-state index is 12.5. The van der Waals surface area contributed by atoms with Gasteiger partial charge in [0, 0.05) is 19.0 Å². The Morgan fingerprint density at radius 1 is 1.24 bits per heavy atom. The second kappa shape index (κ2) is 8.56. The number of methoxy groups -OCH3 is 2. The van der Waals surface area contributed by atoms with E-state index in [0.29, 0.717) is 37.3 Å². The Labute approximate surface area is 150 Å². The zero-order chi connectivity index (χ0) is 18.4. The summed E-state index contributed by atoms with van der Waals surface area (Å²) in [7, 11) is 0.212. The van der Waals surface area contributed by atoms with Gasteiger partial charge in [-0.1, -0.05) is 6.07 Å². The molecular weight excluding hydrogens is 342 g/mol. The van der Waals surface area contributed by atoms with Crippen LogP contribution in [0.2, 0.25) is 0 Å². The van der Waals surface area contributed by atoms with Gasteiger partial charge in [0.2, 0.25) is 5.91 Å². The summed E-state index contributed by atoms with van der Waals surface area (Å²) in [5.74, 6) is 1.68. The highest BCUT2D eigenvalue weighted by Crippen LogP contribution is 2.28. The molecule has 0 aliphatic carbocycles. The van der Waals surface area contributed by atoms with E-state index in [-0.39, 0.29) is 23.5 Å². The van der Waals surface area contributed by atoms with E-state index in [4.69, 9.17) is 9.47 Å². The Morgan fingerprint density at radius 3 is 2.52 bits per heavy atom. The smallest absolute Gasteiger partial charge is 0.222 e. The Bertz CT molecular complexity index is 701. The molecule has 1 aromatic rings. The molecule has 1 atom stereocenters. The van der Waals surface area contributed by atoms with Crippen LogP contribution in [-0.2, 0) is 21.1 Å². The summed E-state index contributed by atoms with van der Waals surface area (Å²) >= 11 is 0. The minimum atomic E-state index is -2.98. The highest BCUT2D eigenvalue weighted by molar-refractivity contribution is 7.91. The largest absolute Gasteiger partial charge is 0.493 e. The van der Waals surface area contributed by atoms with Crippen molar-refractivity contribution >= 4 is 15.7 Å². The summed E-state index contributed by atoms with van der Waals surface area (Å²) < 4.78 is 33.8. The normalized spacial score (nSPS) is 18.8. The van der Waals surface area contributed by atoms with Crippen molar-refractivity contribution in [2.45, 2.75) is 38.6 Å². The molecule has 140 valence electrons. The fraction of sp³-hybridized carbons (Fsp3) is 0.611. The predicted octanol–water partition coefficient (Wildman–Crippen LogP) is 2.06. The van der Waals surface area contributed by atoms with Crippen LogP contribution in [-0.4, -0.2) is 57.5 Å². The summed E-state index contributed by atoms with van der Waals surface area (Å²) in [5.41, 5.74) is 1.08. The standard InChI is InChI=1S/C18H27NO5S/c1-4-19(15-10-11-25(21,22)13-15)18(20)7-5-6-14-8-9-16(23-2)17(12-14)24-3/h8-9,12,15H,4-7,10-11,13H2,1-3H3. The quantitative estimate of drug-likeness (QED) is 0.701. The van der Waals surface area contributed by atoms with Crippen LogP contribution in [0.25, 0.3) is 0 Å². The highest BCUT2D eigenvalue weighted by Gasteiger charge is 2.33. The van der Waals surface area contributed by atoms with E-state index < -0.39 is 9.84 Å². The molecule has 1 aromatic carbocycles. The first-order valence-corrected chi connectivity index (χ1v) is 10.4. The van der Waals surface area contributed by atoms with E-state index in [0.717, 1.165) is 12.0 Å². The lowest BCUT2D eigenvalue weighted by molar-refractivity contribution is -0.132. The maximum atomic E-state index is 12.5. The maximum Gasteiger partial charge on any atom is 0.222 e. The summed E-state index contributed by atoms with van der Waals surface area (Å²) in [4.78, 5) is 14.2. The van der Waals surface area contributed by atoms with Crippen LogP contribution < -0.4 is 9.47 Å². The van der Waals surface area contributed by atoms with Crippen LogP contribution in [0.3, 0.4) is 0 Å². The van der Waals surface area contributed by atoms with Gasteiger partial charge in [0.1, 0.15) is 0 Å². The first-order chi connectivity index (χ1) is 11.9. The molecule has 6 nitrogen and oxygen atoms in total. The third-order valence-electron chi connectivity index (χ3n) is 4.61. The number of nitrogens with zero attached hydrogens (tertiary/aromatic N) is 1. The lowest BCUT2D eigenvalue weighted by Gasteiger charge is -2.27. The van der Waals surface area contributed by atoms with Crippen molar-refractivity contribution in [2.24, 2.45) is 0 Å². The van der Waals surface area contributed by atoms with Crippen LogP contribution in [0, 0.1) is 0 Å². The van der Waals surface area contributed by atoms with Gasteiger partial charge in [0.25, 0.3) is 0 Å². The molecule has 1 fully saturated rings. The molecule has 1 aliphatic rings. The molecule has 0 aromatic heterocycles. The molecule has 1 saturated heterocycles. The van der Waals surface area contributed by atoms with Gasteiger partial charge in [-0.3, -0.25) is 4.79 Å². The SMILES string of the molecule is CCN(C(=O)CCCc1ccc(OC)c(OC)c1)C1CCS(=O)(=O)C1. The Morgan fingerprint density at radius 2 is 1.96 bits per heavy atom. The minimum absolute atomic E-state index is 0.0325. The summed E-state index contributed by atoms with van der Waals surface area (Å²) in [6.07, 6.45) is 2.44. The number of hydrogen-bond acceptors (Lipinski definition) is 5. The van der Waals surface area contributed by atoms with Crippen molar-refractivity contribution in [2.75, 3.05) is 32.3 Å². The molecule has 0 N–H and O–H groups in total. The number of carbonyl (C=O) groups excluding carboxylic acids is 1. The molecule has 2 rings (SSSR count). The lowest BCUT2D eigenvalue weighted by Crippen LogP contribution is -2.40. The molecule has 0 spiro atoms. The molecule has 0 bridgehead atoms. The van der Waals surface area contributed by atoms with Gasteiger partial charge >= 0.3 is 0 Å². The summed E-state index contributed by atoms with van der Waals surface area (Å²) in [6.45, 7) is 2.45. The second-order valence-corrected chi connectivity index (χ2v) is 8.51. The first-order valence-electron chi connectivity index (χ1n) is 8.61. The fourth-order valence-electron chi connectivity index (χ4n) is 3.28. The number of hydrogen-bond donors (Lipinski definition) is 0. The van der Waals surface area contributed by atoms with E-state index in [9.17, 15) is 13.2 Å². The lowest BCUT2D eigenvalue weighted by atomic mass is 10.1. The van der Waals surface area contributed by atoms with Crippen molar-refractivity contribution in [3.05, 3.63) is 23.8 Å². The fourth-order valence-corrected chi connectivity index (χ4v) is 5.01. The molecule has 1 aliphatic heterocycles. The number of rotatable bonds is 8. The third-order valence-corrected chi connectivity index (χ3v) is 6.36. The van der Waals surface area contributed by atoms with Crippen molar-refractivity contribution in [1.29, 1.82) is 0 Å². The van der Waals surface area contributed by atoms with E-state index >= 15 is 0 Å². The Hall–Kier alpha value is -1.76. The average molecular weight is 369 g/mol. The van der Waals surface area contributed by atoms with Crippen molar-refractivity contribution in [1.82, 2.24) is 4.90 Å². The molecule has 25 heavy (non-hydrogen) atoms. The number of amides is 1. The van der Waals surface area contributed by atoms with Crippen LogP contribution in [0.15, 0.2) is 18.2 Å². The number of aryl methyl sites for hydroxylation is 1. The van der Waals surface area contributed by atoms with Crippen LogP contribution in [0.5, 0.6) is 11.5 Å². The number of sulfone groups is 1. The van der Waals surface area contributed by atoms with Crippen molar-refractivity contribution < 1.29 is 22.7 Å². The van der Waals surface area contributed by atoms with Crippen LogP contribution in [0.4, 0.5) is 0 Å². The molecule has 1 amide bonds. The highest BCUT2D eigenvalue weighted by atomic mass is 32.2. The number of benzene rings is 1. The van der Waals surface area contributed by atoms with Gasteiger partial charge < -0.3 is 14.4 Å². The van der Waals surface area contributed by atoms with E-state index in [1.54, 1.807) is 19.1 Å². The minimum Gasteiger partial charge on any atom is -0.493 e. The van der Waals surface area contributed by atoms with Gasteiger partial charge in [-0.2, -0.15) is 0 Å². The zero-order valence-electron chi connectivity index (χ0n) is 15.2. The summed E-state index contributed by atoms with van der Waals surface area (Å²) in [6, 6.07) is 5.58.